The number of benzene rings is 2. The van der Waals surface area contributed by atoms with E-state index in [9.17, 15) is 14.9 Å². The molecule has 26 heavy (non-hydrogen) atoms. The molecule has 0 saturated heterocycles. The number of aromatic nitrogens is 1. The summed E-state index contributed by atoms with van der Waals surface area (Å²) < 4.78 is 0. The molecule has 3 rings (SSSR count). The topological polar surface area (TPSA) is 85.1 Å². The number of hydrogen-bond acceptors (Lipinski definition) is 6. The lowest BCUT2D eigenvalue weighted by molar-refractivity contribution is -0.384. The highest BCUT2D eigenvalue weighted by molar-refractivity contribution is 7.98. The molecule has 1 N–H and O–H groups in total. The molecular weight excluding hydrogens is 370 g/mol. The van der Waals surface area contributed by atoms with E-state index in [0.717, 1.165) is 11.3 Å². The molecule has 6 nitrogen and oxygen atoms in total. The number of amides is 1. The van der Waals surface area contributed by atoms with Gasteiger partial charge in [0, 0.05) is 28.0 Å². The van der Waals surface area contributed by atoms with Crippen molar-refractivity contribution < 1.29 is 9.72 Å². The summed E-state index contributed by atoms with van der Waals surface area (Å²) in [6, 6.07) is 14.0. The maximum atomic E-state index is 12.1. The molecule has 1 amide bonds. The molecule has 0 aliphatic rings. The molecule has 132 valence electrons. The van der Waals surface area contributed by atoms with Crippen LogP contribution in [0.1, 0.15) is 5.56 Å². The Balaban J connectivity index is 1.62. The van der Waals surface area contributed by atoms with Crippen molar-refractivity contribution in [3.05, 3.63) is 69.6 Å². The zero-order valence-electron chi connectivity index (χ0n) is 13.8. The third-order valence-corrected chi connectivity index (χ3v) is 5.15. The van der Waals surface area contributed by atoms with Gasteiger partial charge in [0.25, 0.3) is 5.69 Å². The van der Waals surface area contributed by atoms with Crippen molar-refractivity contribution >= 4 is 39.8 Å². The van der Waals surface area contributed by atoms with Gasteiger partial charge in [-0.3, -0.25) is 14.9 Å². The van der Waals surface area contributed by atoms with Crippen LogP contribution in [0.4, 0.5) is 10.8 Å². The van der Waals surface area contributed by atoms with Crippen LogP contribution in [0.2, 0.25) is 0 Å². The summed E-state index contributed by atoms with van der Waals surface area (Å²) >= 11 is 3.04. The van der Waals surface area contributed by atoms with E-state index in [-0.39, 0.29) is 18.0 Å². The molecule has 3 aromatic rings. The average Bonchev–Trinajstić information content (AvgIpc) is 3.10. The molecule has 0 radical (unpaired) electrons. The molecule has 0 fully saturated rings. The molecule has 0 aliphatic heterocycles. The van der Waals surface area contributed by atoms with Gasteiger partial charge in [0.2, 0.25) is 5.91 Å². The summed E-state index contributed by atoms with van der Waals surface area (Å²) in [5.74, 6) is -0.211. The number of non-ortho nitro benzene ring substituents is 1. The Morgan fingerprint density at radius 1 is 1.19 bits per heavy atom. The van der Waals surface area contributed by atoms with E-state index in [0.29, 0.717) is 10.7 Å². The van der Waals surface area contributed by atoms with Crippen molar-refractivity contribution in [3.63, 3.8) is 0 Å². The lowest BCUT2D eigenvalue weighted by Gasteiger charge is -2.02. The van der Waals surface area contributed by atoms with Crippen LogP contribution in [0.15, 0.2) is 58.8 Å². The Morgan fingerprint density at radius 2 is 1.88 bits per heavy atom. The third kappa shape index (κ3) is 4.47. The van der Waals surface area contributed by atoms with Gasteiger partial charge < -0.3 is 5.32 Å². The number of hydrogen-bond donors (Lipinski definition) is 1. The fourth-order valence-electron chi connectivity index (χ4n) is 2.31. The second-order valence-electron chi connectivity index (χ2n) is 5.41. The van der Waals surface area contributed by atoms with E-state index in [2.05, 4.69) is 10.3 Å². The summed E-state index contributed by atoms with van der Waals surface area (Å²) in [6.45, 7) is 0. The number of nitrogens with one attached hydrogen (secondary N) is 1. The molecule has 2 aromatic carbocycles. The SMILES string of the molecule is CSc1ccc(-c2csc(NC(=O)Cc3ccc([N+](=O)[O-])cc3)n2)cc1. The smallest absolute Gasteiger partial charge is 0.269 e. The normalized spacial score (nSPS) is 10.5. The van der Waals surface area contributed by atoms with Gasteiger partial charge in [0.1, 0.15) is 0 Å². The standard InChI is InChI=1S/C18H15N3O3S2/c1-25-15-8-4-13(5-9-15)16-11-26-18(19-16)20-17(22)10-12-2-6-14(7-3-12)21(23)24/h2-9,11H,10H2,1H3,(H,19,20,22). The molecule has 0 saturated carbocycles. The Morgan fingerprint density at radius 3 is 2.50 bits per heavy atom. The van der Waals surface area contributed by atoms with Crippen LogP contribution in [0.3, 0.4) is 0 Å². The highest BCUT2D eigenvalue weighted by Gasteiger charge is 2.10. The predicted molar refractivity (Wildman–Crippen MR) is 105 cm³/mol. The Bertz CT molecular complexity index is 922. The summed E-state index contributed by atoms with van der Waals surface area (Å²) in [4.78, 5) is 28.0. The maximum Gasteiger partial charge on any atom is 0.269 e. The molecule has 0 bridgehead atoms. The number of carbonyl (C=O) groups is 1. The summed E-state index contributed by atoms with van der Waals surface area (Å²) in [5.41, 5.74) is 2.52. The van der Waals surface area contributed by atoms with E-state index in [1.807, 2.05) is 35.9 Å². The molecule has 0 aliphatic carbocycles. The van der Waals surface area contributed by atoms with Gasteiger partial charge in [0.05, 0.1) is 17.0 Å². The number of nitro groups is 1. The van der Waals surface area contributed by atoms with Crippen molar-refractivity contribution in [2.45, 2.75) is 11.3 Å². The number of anilines is 1. The summed E-state index contributed by atoms with van der Waals surface area (Å²) in [6.07, 6.45) is 2.16. The third-order valence-electron chi connectivity index (χ3n) is 3.65. The highest BCUT2D eigenvalue weighted by atomic mass is 32.2. The van der Waals surface area contributed by atoms with E-state index < -0.39 is 4.92 Å². The maximum absolute atomic E-state index is 12.1. The van der Waals surface area contributed by atoms with Gasteiger partial charge in [-0.15, -0.1) is 23.1 Å². The largest absolute Gasteiger partial charge is 0.302 e. The first-order valence-electron chi connectivity index (χ1n) is 7.68. The lowest BCUT2D eigenvalue weighted by atomic mass is 10.1. The zero-order chi connectivity index (χ0) is 18.5. The Hall–Kier alpha value is -2.71. The van der Waals surface area contributed by atoms with Crippen molar-refractivity contribution in [3.8, 4) is 11.3 Å². The zero-order valence-corrected chi connectivity index (χ0v) is 15.5. The highest BCUT2D eigenvalue weighted by Crippen LogP contribution is 2.26. The monoisotopic (exact) mass is 385 g/mol. The van der Waals surface area contributed by atoms with Crippen LogP contribution in [0, 0.1) is 10.1 Å². The van der Waals surface area contributed by atoms with Crippen LogP contribution in [0.25, 0.3) is 11.3 Å². The van der Waals surface area contributed by atoms with Gasteiger partial charge in [-0.2, -0.15) is 0 Å². The summed E-state index contributed by atoms with van der Waals surface area (Å²) in [7, 11) is 0. The molecule has 0 spiro atoms. The van der Waals surface area contributed by atoms with E-state index in [1.54, 1.807) is 23.9 Å². The van der Waals surface area contributed by atoms with Crippen molar-refractivity contribution in [1.29, 1.82) is 0 Å². The van der Waals surface area contributed by atoms with Crippen LogP contribution >= 0.6 is 23.1 Å². The van der Waals surface area contributed by atoms with Crippen LogP contribution in [-0.4, -0.2) is 22.1 Å². The number of thioether (sulfide) groups is 1. The Labute approximate surface area is 158 Å². The van der Waals surface area contributed by atoms with Gasteiger partial charge in [-0.05, 0) is 24.0 Å². The van der Waals surface area contributed by atoms with Crippen molar-refractivity contribution in [2.24, 2.45) is 0 Å². The van der Waals surface area contributed by atoms with E-state index in [1.165, 1.54) is 28.4 Å². The van der Waals surface area contributed by atoms with Gasteiger partial charge in [-0.25, -0.2) is 4.98 Å². The molecule has 1 aromatic heterocycles. The first-order valence-corrected chi connectivity index (χ1v) is 9.79. The lowest BCUT2D eigenvalue weighted by Crippen LogP contribution is -2.14. The molecule has 0 unspecified atom stereocenters. The predicted octanol–water partition coefficient (Wildman–Crippen LogP) is 4.62. The fraction of sp³-hybridized carbons (Fsp3) is 0.111. The minimum atomic E-state index is -0.466. The minimum absolute atomic E-state index is 0.00575. The molecular formula is C18H15N3O3S2. The quantitative estimate of drug-likeness (QED) is 0.380. The average molecular weight is 385 g/mol. The van der Waals surface area contributed by atoms with Crippen LogP contribution < -0.4 is 5.32 Å². The second-order valence-corrected chi connectivity index (χ2v) is 7.15. The molecule has 0 atom stereocenters. The fourth-order valence-corrected chi connectivity index (χ4v) is 3.45. The molecule has 1 heterocycles. The minimum Gasteiger partial charge on any atom is -0.302 e. The van der Waals surface area contributed by atoms with Crippen LogP contribution in [0.5, 0.6) is 0 Å². The van der Waals surface area contributed by atoms with Crippen molar-refractivity contribution in [1.82, 2.24) is 4.98 Å². The molecule has 8 heteroatoms. The first-order chi connectivity index (χ1) is 12.5. The van der Waals surface area contributed by atoms with Crippen LogP contribution in [-0.2, 0) is 11.2 Å². The van der Waals surface area contributed by atoms with E-state index in [4.69, 9.17) is 0 Å². The van der Waals surface area contributed by atoms with Gasteiger partial charge >= 0.3 is 0 Å². The Kier molecular flexibility index (Phi) is 5.65. The number of nitrogens with zero attached hydrogens (tertiary/aromatic N) is 2. The first kappa shape index (κ1) is 18.1. The number of rotatable bonds is 6. The summed E-state index contributed by atoms with van der Waals surface area (Å²) in [5, 5.41) is 15.8. The number of carbonyl (C=O) groups excluding carboxylic acids is 1. The van der Waals surface area contributed by atoms with Gasteiger partial charge in [0.15, 0.2) is 5.13 Å². The van der Waals surface area contributed by atoms with Gasteiger partial charge in [-0.1, -0.05) is 24.3 Å². The van der Waals surface area contributed by atoms with Crippen molar-refractivity contribution in [2.75, 3.05) is 11.6 Å². The second kappa shape index (κ2) is 8.11. The number of nitro benzene ring substituents is 1. The van der Waals surface area contributed by atoms with E-state index >= 15 is 0 Å². The number of thiazole rings is 1.